The Labute approximate surface area is 76.4 Å². The number of hydrogen-bond donors (Lipinski definition) is 1. The van der Waals surface area contributed by atoms with Gasteiger partial charge in [-0.15, -0.1) is 0 Å². The second-order valence-electron chi connectivity index (χ2n) is 3.65. The van der Waals surface area contributed by atoms with Crippen molar-refractivity contribution >= 4 is 0 Å². The van der Waals surface area contributed by atoms with Crippen molar-refractivity contribution in [1.82, 2.24) is 0 Å². The Kier molecular flexibility index (Phi) is 7.51. The van der Waals surface area contributed by atoms with E-state index in [1.807, 2.05) is 0 Å². The van der Waals surface area contributed by atoms with Gasteiger partial charge in [-0.3, -0.25) is 0 Å². The number of rotatable bonds is 7. The van der Waals surface area contributed by atoms with E-state index in [0.717, 1.165) is 5.92 Å². The van der Waals surface area contributed by atoms with Gasteiger partial charge in [-0.1, -0.05) is 46.5 Å². The lowest BCUT2D eigenvalue weighted by molar-refractivity contribution is 0.0801. The molecule has 0 saturated heterocycles. The maximum Gasteiger partial charge on any atom is 0.0707 e. The molecule has 0 heterocycles. The minimum absolute atomic E-state index is 0.606. The number of hydrogen-bond acceptors (Lipinski definition) is 2. The first-order valence-corrected chi connectivity index (χ1v) is 5.07. The van der Waals surface area contributed by atoms with E-state index in [9.17, 15) is 0 Å². The van der Waals surface area contributed by atoms with Gasteiger partial charge in [-0.2, -0.15) is 0 Å². The van der Waals surface area contributed by atoms with E-state index in [0.29, 0.717) is 12.5 Å². The van der Waals surface area contributed by atoms with E-state index < -0.39 is 0 Å². The van der Waals surface area contributed by atoms with E-state index in [-0.39, 0.29) is 0 Å². The van der Waals surface area contributed by atoms with Gasteiger partial charge in [0.05, 0.1) is 6.61 Å². The van der Waals surface area contributed by atoms with E-state index in [1.54, 1.807) is 0 Å². The van der Waals surface area contributed by atoms with Crippen molar-refractivity contribution in [3.63, 3.8) is 0 Å². The highest BCUT2D eigenvalue weighted by molar-refractivity contribution is 4.65. The molecule has 0 aromatic rings. The van der Waals surface area contributed by atoms with Crippen LogP contribution in [0, 0.1) is 11.8 Å². The number of nitrogens with two attached hydrogens (primary N) is 1. The molecule has 0 spiro atoms. The molecular weight excluding hydrogens is 150 g/mol. The molecule has 2 nitrogen and oxygen atoms in total. The van der Waals surface area contributed by atoms with Crippen LogP contribution in [0.2, 0.25) is 0 Å². The zero-order valence-corrected chi connectivity index (χ0v) is 8.68. The van der Waals surface area contributed by atoms with Gasteiger partial charge in [0.2, 0.25) is 0 Å². The minimum Gasteiger partial charge on any atom is -0.304 e. The molecule has 0 saturated carbocycles. The van der Waals surface area contributed by atoms with Crippen molar-refractivity contribution in [3.8, 4) is 0 Å². The van der Waals surface area contributed by atoms with Gasteiger partial charge in [0, 0.05) is 0 Å². The van der Waals surface area contributed by atoms with Gasteiger partial charge in [-0.25, -0.2) is 5.90 Å². The molecule has 0 radical (unpaired) electrons. The third kappa shape index (κ3) is 4.73. The summed E-state index contributed by atoms with van der Waals surface area (Å²) in [6, 6.07) is 0. The van der Waals surface area contributed by atoms with Crippen molar-refractivity contribution in [1.29, 1.82) is 0 Å². The van der Waals surface area contributed by atoms with Crippen molar-refractivity contribution in [3.05, 3.63) is 0 Å². The average Bonchev–Trinajstić information content (AvgIpc) is 2.04. The average molecular weight is 173 g/mol. The Balaban J connectivity index is 3.72. The molecule has 0 aliphatic carbocycles. The lowest BCUT2D eigenvalue weighted by Gasteiger charge is -2.21. The summed E-state index contributed by atoms with van der Waals surface area (Å²) >= 11 is 0. The summed E-state index contributed by atoms with van der Waals surface area (Å²) in [4.78, 5) is 4.68. The highest BCUT2D eigenvalue weighted by Gasteiger charge is 2.15. The van der Waals surface area contributed by atoms with E-state index in [2.05, 4.69) is 25.6 Å². The minimum atomic E-state index is 0.606. The van der Waals surface area contributed by atoms with Gasteiger partial charge < -0.3 is 4.84 Å². The third-order valence-electron chi connectivity index (χ3n) is 2.48. The predicted octanol–water partition coefficient (Wildman–Crippen LogP) is 2.73. The van der Waals surface area contributed by atoms with Crippen LogP contribution in [0.15, 0.2) is 0 Å². The summed E-state index contributed by atoms with van der Waals surface area (Å²) in [5.74, 6) is 6.46. The fourth-order valence-corrected chi connectivity index (χ4v) is 1.74. The lowest BCUT2D eigenvalue weighted by atomic mass is 9.87. The molecule has 0 rings (SSSR count). The van der Waals surface area contributed by atoms with Crippen LogP contribution in [0.4, 0.5) is 0 Å². The Morgan fingerprint density at radius 3 is 2.00 bits per heavy atom. The lowest BCUT2D eigenvalue weighted by Crippen LogP contribution is -2.19. The molecule has 12 heavy (non-hydrogen) atoms. The molecule has 0 fully saturated rings. The van der Waals surface area contributed by atoms with Gasteiger partial charge in [-0.05, 0) is 11.8 Å². The molecule has 0 aromatic heterocycles. The molecule has 1 unspecified atom stereocenters. The molecule has 0 aliphatic rings. The van der Waals surface area contributed by atoms with Crippen LogP contribution in [0.3, 0.4) is 0 Å². The highest BCUT2D eigenvalue weighted by Crippen LogP contribution is 2.22. The fourth-order valence-electron chi connectivity index (χ4n) is 1.74. The van der Waals surface area contributed by atoms with Crippen LogP contribution < -0.4 is 5.90 Å². The van der Waals surface area contributed by atoms with Crippen molar-refractivity contribution in [2.24, 2.45) is 17.7 Å². The third-order valence-corrected chi connectivity index (χ3v) is 2.48. The quantitative estimate of drug-likeness (QED) is 0.601. The molecule has 0 amide bonds. The zero-order chi connectivity index (χ0) is 9.40. The van der Waals surface area contributed by atoms with Crippen LogP contribution in [-0.2, 0) is 4.84 Å². The second-order valence-corrected chi connectivity index (χ2v) is 3.65. The second kappa shape index (κ2) is 7.56. The van der Waals surface area contributed by atoms with Crippen molar-refractivity contribution in [2.45, 2.75) is 46.5 Å². The SMILES string of the molecule is CCCC(CCC)C(C)CON. The summed E-state index contributed by atoms with van der Waals surface area (Å²) < 4.78 is 0. The molecule has 1 atom stereocenters. The summed E-state index contributed by atoms with van der Waals surface area (Å²) in [7, 11) is 0. The first-order valence-electron chi connectivity index (χ1n) is 5.07. The van der Waals surface area contributed by atoms with Crippen LogP contribution in [0.5, 0.6) is 0 Å². The summed E-state index contributed by atoms with van der Waals surface area (Å²) in [6.07, 6.45) is 5.13. The van der Waals surface area contributed by atoms with Gasteiger partial charge >= 0.3 is 0 Å². The molecule has 0 aromatic carbocycles. The smallest absolute Gasteiger partial charge is 0.0707 e. The maximum absolute atomic E-state index is 5.06. The van der Waals surface area contributed by atoms with E-state index in [4.69, 9.17) is 5.90 Å². The zero-order valence-electron chi connectivity index (χ0n) is 8.68. The molecule has 0 bridgehead atoms. The largest absolute Gasteiger partial charge is 0.304 e. The van der Waals surface area contributed by atoms with Crippen molar-refractivity contribution in [2.75, 3.05) is 6.61 Å². The Morgan fingerprint density at radius 1 is 1.17 bits per heavy atom. The first-order chi connectivity index (χ1) is 5.76. The normalized spacial score (nSPS) is 13.8. The Bertz CT molecular complexity index is 89.8. The van der Waals surface area contributed by atoms with E-state index >= 15 is 0 Å². The van der Waals surface area contributed by atoms with Crippen LogP contribution >= 0.6 is 0 Å². The molecule has 74 valence electrons. The highest BCUT2D eigenvalue weighted by atomic mass is 16.6. The van der Waals surface area contributed by atoms with Crippen LogP contribution in [-0.4, -0.2) is 6.61 Å². The topological polar surface area (TPSA) is 35.2 Å². The summed E-state index contributed by atoms with van der Waals surface area (Å²) in [6.45, 7) is 7.39. The van der Waals surface area contributed by atoms with Crippen molar-refractivity contribution < 1.29 is 4.84 Å². The van der Waals surface area contributed by atoms with Gasteiger partial charge in [0.15, 0.2) is 0 Å². The molecule has 2 N–H and O–H groups in total. The summed E-state index contributed by atoms with van der Waals surface area (Å²) in [5.41, 5.74) is 0. The summed E-state index contributed by atoms with van der Waals surface area (Å²) in [5, 5.41) is 0. The predicted molar refractivity (Wildman–Crippen MR) is 52.6 cm³/mol. The molecule has 0 aliphatic heterocycles. The maximum atomic E-state index is 5.06. The molecule has 2 heteroatoms. The monoisotopic (exact) mass is 173 g/mol. The Morgan fingerprint density at radius 2 is 1.67 bits per heavy atom. The van der Waals surface area contributed by atoms with Gasteiger partial charge in [0.25, 0.3) is 0 Å². The van der Waals surface area contributed by atoms with Crippen LogP contribution in [0.25, 0.3) is 0 Å². The Hall–Kier alpha value is -0.0800. The molecular formula is C10H23NO. The van der Waals surface area contributed by atoms with E-state index in [1.165, 1.54) is 25.7 Å². The first kappa shape index (κ1) is 11.9. The fraction of sp³-hybridized carbons (Fsp3) is 1.00. The van der Waals surface area contributed by atoms with Gasteiger partial charge in [0.1, 0.15) is 0 Å². The van der Waals surface area contributed by atoms with Crippen LogP contribution in [0.1, 0.15) is 46.5 Å². The standard InChI is InChI=1S/C10H23NO/c1-4-6-10(7-5-2)9(3)8-12-11/h9-10H,4-8,11H2,1-3H3.